The molecule has 4 rings (SSSR count). The standard InChI is InChI=1S/C18H22ClN5O2/c1-11-16(22-23-24(11)12-7-8-20-10-12)18(25)21-15-6-3-9-26-17-13(15)4-2-5-14(17)19/h2,4-5,12,15,20H,3,6-10H2,1H3,(H,21,25). The number of nitrogens with zero attached hydrogens (tertiary/aromatic N) is 3. The second-order valence-electron chi connectivity index (χ2n) is 6.79. The Morgan fingerprint density at radius 2 is 2.31 bits per heavy atom. The molecule has 1 aromatic heterocycles. The van der Waals surface area contributed by atoms with E-state index in [2.05, 4.69) is 20.9 Å². The molecule has 2 unspecified atom stereocenters. The van der Waals surface area contributed by atoms with Gasteiger partial charge in [0.15, 0.2) is 5.69 Å². The summed E-state index contributed by atoms with van der Waals surface area (Å²) in [5.41, 5.74) is 2.09. The zero-order valence-electron chi connectivity index (χ0n) is 14.7. The van der Waals surface area contributed by atoms with Gasteiger partial charge in [0.05, 0.1) is 29.4 Å². The van der Waals surface area contributed by atoms with Crippen molar-refractivity contribution in [2.75, 3.05) is 19.7 Å². The van der Waals surface area contributed by atoms with Gasteiger partial charge in [-0.25, -0.2) is 4.68 Å². The molecule has 0 spiro atoms. The Morgan fingerprint density at radius 1 is 1.42 bits per heavy atom. The first kappa shape index (κ1) is 17.3. The van der Waals surface area contributed by atoms with Gasteiger partial charge in [0, 0.05) is 12.1 Å². The van der Waals surface area contributed by atoms with Crippen LogP contribution in [0.15, 0.2) is 18.2 Å². The van der Waals surface area contributed by atoms with Crippen molar-refractivity contribution in [1.82, 2.24) is 25.6 Å². The average molecular weight is 376 g/mol. The first-order chi connectivity index (χ1) is 12.6. The highest BCUT2D eigenvalue weighted by Gasteiger charge is 2.27. The second kappa shape index (κ2) is 7.25. The fourth-order valence-electron chi connectivity index (χ4n) is 3.69. The van der Waals surface area contributed by atoms with Gasteiger partial charge in [0.25, 0.3) is 5.91 Å². The van der Waals surface area contributed by atoms with Gasteiger partial charge < -0.3 is 15.4 Å². The van der Waals surface area contributed by atoms with E-state index >= 15 is 0 Å². The van der Waals surface area contributed by atoms with Gasteiger partial charge in [-0.05, 0) is 38.8 Å². The van der Waals surface area contributed by atoms with Gasteiger partial charge in [0.2, 0.25) is 0 Å². The number of ether oxygens (including phenoxy) is 1. The molecule has 0 radical (unpaired) electrons. The van der Waals surface area contributed by atoms with E-state index in [0.29, 0.717) is 23.1 Å². The Balaban J connectivity index is 1.56. The normalized spacial score (nSPS) is 22.4. The summed E-state index contributed by atoms with van der Waals surface area (Å²) in [7, 11) is 0. The van der Waals surface area contributed by atoms with Crippen LogP contribution in [0.2, 0.25) is 5.02 Å². The SMILES string of the molecule is Cc1c(C(=O)NC2CCCOc3c(Cl)cccc32)nnn1C1CCNC1. The lowest BCUT2D eigenvalue weighted by Gasteiger charge is -2.18. The van der Waals surface area contributed by atoms with Crippen LogP contribution in [0, 0.1) is 6.92 Å². The highest BCUT2D eigenvalue weighted by atomic mass is 35.5. The van der Waals surface area contributed by atoms with Gasteiger partial charge in [-0.1, -0.05) is 28.9 Å². The minimum atomic E-state index is -0.211. The highest BCUT2D eigenvalue weighted by molar-refractivity contribution is 6.32. The Morgan fingerprint density at radius 3 is 3.12 bits per heavy atom. The fourth-order valence-corrected chi connectivity index (χ4v) is 3.93. The summed E-state index contributed by atoms with van der Waals surface area (Å²) in [5, 5.41) is 15.3. The van der Waals surface area contributed by atoms with E-state index in [1.807, 2.05) is 23.7 Å². The molecule has 0 bridgehead atoms. The van der Waals surface area contributed by atoms with E-state index in [0.717, 1.165) is 43.6 Å². The number of benzene rings is 1. The molecule has 2 atom stereocenters. The average Bonchev–Trinajstić information content (AvgIpc) is 3.23. The predicted molar refractivity (Wildman–Crippen MR) is 97.7 cm³/mol. The number of fused-ring (bicyclic) bond motifs is 1. The van der Waals surface area contributed by atoms with Crippen molar-refractivity contribution < 1.29 is 9.53 Å². The summed E-state index contributed by atoms with van der Waals surface area (Å²) in [6, 6.07) is 5.73. The van der Waals surface area contributed by atoms with Crippen LogP contribution in [0.4, 0.5) is 0 Å². The first-order valence-corrected chi connectivity index (χ1v) is 9.37. The molecule has 138 valence electrons. The number of hydrogen-bond donors (Lipinski definition) is 2. The fraction of sp³-hybridized carbons (Fsp3) is 0.500. The van der Waals surface area contributed by atoms with Crippen molar-refractivity contribution in [1.29, 1.82) is 0 Å². The molecule has 8 heteroatoms. The van der Waals surface area contributed by atoms with Crippen LogP contribution in [-0.4, -0.2) is 40.6 Å². The van der Waals surface area contributed by atoms with Crippen LogP contribution in [0.3, 0.4) is 0 Å². The van der Waals surface area contributed by atoms with Crippen LogP contribution < -0.4 is 15.4 Å². The third-order valence-corrected chi connectivity index (χ3v) is 5.38. The predicted octanol–water partition coefficient (Wildman–Crippen LogP) is 2.42. The van der Waals surface area contributed by atoms with Crippen LogP contribution in [0.25, 0.3) is 0 Å². The first-order valence-electron chi connectivity index (χ1n) is 8.99. The lowest BCUT2D eigenvalue weighted by molar-refractivity contribution is 0.0929. The largest absolute Gasteiger partial charge is 0.492 e. The molecule has 0 aliphatic carbocycles. The highest BCUT2D eigenvalue weighted by Crippen LogP contribution is 2.37. The molecule has 7 nitrogen and oxygen atoms in total. The van der Waals surface area contributed by atoms with Gasteiger partial charge in [0.1, 0.15) is 5.75 Å². The number of carbonyl (C=O) groups excluding carboxylic acids is 1. The van der Waals surface area contributed by atoms with Gasteiger partial charge in [-0.3, -0.25) is 4.79 Å². The summed E-state index contributed by atoms with van der Waals surface area (Å²) in [6.07, 6.45) is 2.63. The van der Waals surface area contributed by atoms with Gasteiger partial charge in [-0.2, -0.15) is 0 Å². The van der Waals surface area contributed by atoms with Crippen molar-refractivity contribution in [3.63, 3.8) is 0 Å². The zero-order chi connectivity index (χ0) is 18.1. The molecule has 1 aromatic carbocycles. The third-order valence-electron chi connectivity index (χ3n) is 5.08. The number of aromatic nitrogens is 3. The number of carbonyl (C=O) groups is 1. The topological polar surface area (TPSA) is 81.1 Å². The van der Waals surface area contributed by atoms with Crippen LogP contribution in [-0.2, 0) is 0 Å². The molecule has 2 aliphatic heterocycles. The lowest BCUT2D eigenvalue weighted by atomic mass is 10.0. The summed E-state index contributed by atoms with van der Waals surface area (Å²) in [6.45, 7) is 4.31. The maximum Gasteiger partial charge on any atom is 0.274 e. The number of amides is 1. The van der Waals surface area contributed by atoms with Gasteiger partial charge >= 0.3 is 0 Å². The minimum Gasteiger partial charge on any atom is -0.492 e. The molecule has 26 heavy (non-hydrogen) atoms. The van der Waals surface area contributed by atoms with Crippen molar-refractivity contribution >= 4 is 17.5 Å². The second-order valence-corrected chi connectivity index (χ2v) is 7.20. The van der Waals surface area contributed by atoms with E-state index in [4.69, 9.17) is 16.3 Å². The van der Waals surface area contributed by atoms with Crippen LogP contribution in [0.1, 0.15) is 53.1 Å². The quantitative estimate of drug-likeness (QED) is 0.861. The Bertz CT molecular complexity index is 816. The molecule has 1 fully saturated rings. The van der Waals surface area contributed by atoms with Crippen molar-refractivity contribution in [3.05, 3.63) is 40.2 Å². The minimum absolute atomic E-state index is 0.156. The number of nitrogens with one attached hydrogen (secondary N) is 2. The Kier molecular flexibility index (Phi) is 4.82. The van der Waals surface area contributed by atoms with Crippen molar-refractivity contribution in [2.45, 2.75) is 38.3 Å². The molecule has 2 N–H and O–H groups in total. The monoisotopic (exact) mass is 375 g/mol. The Labute approximate surface area is 157 Å². The summed E-state index contributed by atoms with van der Waals surface area (Å²) in [4.78, 5) is 12.9. The van der Waals surface area contributed by atoms with E-state index in [-0.39, 0.29) is 18.0 Å². The lowest BCUT2D eigenvalue weighted by Crippen LogP contribution is -2.29. The molecule has 1 saturated heterocycles. The van der Waals surface area contributed by atoms with Crippen molar-refractivity contribution in [2.24, 2.45) is 0 Å². The third kappa shape index (κ3) is 3.17. The summed E-state index contributed by atoms with van der Waals surface area (Å²) < 4.78 is 7.63. The molecule has 2 aromatic rings. The van der Waals surface area contributed by atoms with E-state index in [1.54, 1.807) is 6.07 Å². The number of para-hydroxylation sites is 1. The Hall–Kier alpha value is -2.12. The molecular weight excluding hydrogens is 354 g/mol. The molecule has 2 aliphatic rings. The molecular formula is C18H22ClN5O2. The molecule has 0 saturated carbocycles. The maximum absolute atomic E-state index is 12.9. The summed E-state index contributed by atoms with van der Waals surface area (Å²) >= 11 is 6.27. The molecule has 1 amide bonds. The van der Waals surface area contributed by atoms with E-state index in [1.165, 1.54) is 0 Å². The van der Waals surface area contributed by atoms with Gasteiger partial charge in [-0.15, -0.1) is 5.10 Å². The van der Waals surface area contributed by atoms with E-state index in [9.17, 15) is 4.79 Å². The molecule has 3 heterocycles. The zero-order valence-corrected chi connectivity index (χ0v) is 15.4. The van der Waals surface area contributed by atoms with Crippen LogP contribution in [0.5, 0.6) is 5.75 Å². The summed E-state index contributed by atoms with van der Waals surface area (Å²) in [5.74, 6) is 0.451. The smallest absolute Gasteiger partial charge is 0.274 e. The van der Waals surface area contributed by atoms with Crippen LogP contribution >= 0.6 is 11.6 Å². The number of halogens is 1. The number of hydrogen-bond acceptors (Lipinski definition) is 5. The maximum atomic E-state index is 12.9. The number of rotatable bonds is 3. The van der Waals surface area contributed by atoms with Crippen molar-refractivity contribution in [3.8, 4) is 5.75 Å². The van der Waals surface area contributed by atoms with E-state index < -0.39 is 0 Å².